The number of piperidine rings is 1. The van der Waals surface area contributed by atoms with E-state index in [1.54, 1.807) is 14.2 Å². The minimum absolute atomic E-state index is 0.324. The standard InChI is InChI=1S/C15H23NO3/c1-18-14-4-3-13(9-15(14)19-2)10-16-7-5-12(11-17)6-8-16/h3-4,9,12,17H,5-8,10-11H2,1-2H3. The molecule has 0 radical (unpaired) electrons. The van der Waals surface area contributed by atoms with Crippen LogP contribution in [0.2, 0.25) is 0 Å². The zero-order chi connectivity index (χ0) is 13.7. The van der Waals surface area contributed by atoms with Crippen molar-refractivity contribution in [1.29, 1.82) is 0 Å². The summed E-state index contributed by atoms with van der Waals surface area (Å²) in [7, 11) is 3.31. The van der Waals surface area contributed by atoms with Crippen LogP contribution in [0.3, 0.4) is 0 Å². The van der Waals surface area contributed by atoms with Crippen molar-refractivity contribution in [3.8, 4) is 11.5 Å². The lowest BCUT2D eigenvalue weighted by Gasteiger charge is -2.31. The Morgan fingerprint density at radius 1 is 1.16 bits per heavy atom. The molecule has 1 aromatic rings. The van der Waals surface area contributed by atoms with Gasteiger partial charge >= 0.3 is 0 Å². The van der Waals surface area contributed by atoms with Crippen LogP contribution in [0.4, 0.5) is 0 Å². The smallest absolute Gasteiger partial charge is 0.161 e. The molecule has 0 spiro atoms. The van der Waals surface area contributed by atoms with E-state index in [1.807, 2.05) is 12.1 Å². The maximum atomic E-state index is 9.14. The van der Waals surface area contributed by atoms with Gasteiger partial charge in [-0.1, -0.05) is 6.07 Å². The van der Waals surface area contributed by atoms with Crippen molar-refractivity contribution in [2.24, 2.45) is 5.92 Å². The Balaban J connectivity index is 1.96. The van der Waals surface area contributed by atoms with Gasteiger partial charge in [-0.3, -0.25) is 4.90 Å². The SMILES string of the molecule is COc1ccc(CN2CCC(CO)CC2)cc1OC. The van der Waals surface area contributed by atoms with E-state index in [0.29, 0.717) is 12.5 Å². The molecule has 1 aliphatic rings. The summed E-state index contributed by atoms with van der Waals surface area (Å²) in [4.78, 5) is 2.42. The predicted octanol–water partition coefficient (Wildman–Crippen LogP) is 1.91. The summed E-state index contributed by atoms with van der Waals surface area (Å²) < 4.78 is 10.6. The first-order valence-electron chi connectivity index (χ1n) is 6.81. The normalized spacial score (nSPS) is 17.4. The van der Waals surface area contributed by atoms with Crippen LogP contribution in [0.25, 0.3) is 0 Å². The molecule has 0 bridgehead atoms. The van der Waals surface area contributed by atoms with E-state index in [4.69, 9.17) is 14.6 Å². The molecule has 0 saturated carbocycles. The fourth-order valence-corrected chi connectivity index (χ4v) is 2.56. The molecule has 0 unspecified atom stereocenters. The Hall–Kier alpha value is -1.26. The summed E-state index contributed by atoms with van der Waals surface area (Å²) in [6.07, 6.45) is 2.17. The van der Waals surface area contributed by atoms with Gasteiger partial charge < -0.3 is 14.6 Å². The van der Waals surface area contributed by atoms with Crippen molar-refractivity contribution >= 4 is 0 Å². The lowest BCUT2D eigenvalue weighted by Crippen LogP contribution is -2.34. The minimum atomic E-state index is 0.324. The van der Waals surface area contributed by atoms with Crippen molar-refractivity contribution in [3.05, 3.63) is 23.8 Å². The van der Waals surface area contributed by atoms with Crippen molar-refractivity contribution < 1.29 is 14.6 Å². The quantitative estimate of drug-likeness (QED) is 0.883. The lowest BCUT2D eigenvalue weighted by molar-refractivity contribution is 0.127. The van der Waals surface area contributed by atoms with Crippen LogP contribution in [0.5, 0.6) is 11.5 Å². The largest absolute Gasteiger partial charge is 0.493 e. The summed E-state index contributed by atoms with van der Waals surface area (Å²) in [5.41, 5.74) is 1.24. The van der Waals surface area contributed by atoms with Gasteiger partial charge in [0, 0.05) is 13.2 Å². The van der Waals surface area contributed by atoms with Crippen LogP contribution in [0.15, 0.2) is 18.2 Å². The Bertz CT molecular complexity index is 400. The summed E-state index contributed by atoms with van der Waals surface area (Å²) in [6, 6.07) is 6.07. The number of aliphatic hydroxyl groups excluding tert-OH is 1. The van der Waals surface area contributed by atoms with Gasteiger partial charge in [0.15, 0.2) is 11.5 Å². The fraction of sp³-hybridized carbons (Fsp3) is 0.600. The first-order valence-corrected chi connectivity index (χ1v) is 6.81. The average molecular weight is 265 g/mol. The summed E-state index contributed by atoms with van der Waals surface area (Å²) in [5, 5.41) is 9.14. The first-order chi connectivity index (χ1) is 9.26. The van der Waals surface area contributed by atoms with Crippen LogP contribution in [0, 0.1) is 5.92 Å². The van der Waals surface area contributed by atoms with Crippen molar-refractivity contribution in [1.82, 2.24) is 4.90 Å². The van der Waals surface area contributed by atoms with Crippen LogP contribution in [-0.4, -0.2) is 43.9 Å². The molecule has 1 heterocycles. The molecule has 106 valence electrons. The van der Waals surface area contributed by atoms with Gasteiger partial charge in [-0.15, -0.1) is 0 Å². The van der Waals surface area contributed by atoms with Gasteiger partial charge in [-0.05, 0) is 49.5 Å². The molecule has 4 nitrogen and oxygen atoms in total. The molecule has 0 aromatic heterocycles. The topological polar surface area (TPSA) is 41.9 Å². The highest BCUT2D eigenvalue weighted by molar-refractivity contribution is 5.42. The highest BCUT2D eigenvalue weighted by Crippen LogP contribution is 2.28. The molecule has 1 fully saturated rings. The van der Waals surface area contributed by atoms with Gasteiger partial charge in [0.1, 0.15) is 0 Å². The summed E-state index contributed by atoms with van der Waals surface area (Å²) in [6.45, 7) is 3.36. The number of hydrogen-bond acceptors (Lipinski definition) is 4. The van der Waals surface area contributed by atoms with Crippen LogP contribution in [-0.2, 0) is 6.54 Å². The number of ether oxygens (including phenoxy) is 2. The average Bonchev–Trinajstić information content (AvgIpc) is 2.48. The Labute approximate surface area is 114 Å². The number of rotatable bonds is 5. The molecule has 1 saturated heterocycles. The first kappa shape index (κ1) is 14.2. The van der Waals surface area contributed by atoms with Gasteiger partial charge in [0.25, 0.3) is 0 Å². The third-order valence-electron chi connectivity index (χ3n) is 3.82. The van der Waals surface area contributed by atoms with Crippen molar-refractivity contribution in [2.45, 2.75) is 19.4 Å². The van der Waals surface area contributed by atoms with Gasteiger partial charge in [-0.2, -0.15) is 0 Å². The van der Waals surface area contributed by atoms with Crippen LogP contribution < -0.4 is 9.47 Å². The zero-order valence-electron chi connectivity index (χ0n) is 11.8. The second-order valence-corrected chi connectivity index (χ2v) is 5.09. The number of methoxy groups -OCH3 is 2. The number of hydrogen-bond donors (Lipinski definition) is 1. The molecule has 19 heavy (non-hydrogen) atoms. The molecule has 0 amide bonds. The molecule has 0 aliphatic carbocycles. The molecule has 4 heteroatoms. The molecule has 1 aromatic carbocycles. The molecule has 0 atom stereocenters. The van der Waals surface area contributed by atoms with E-state index >= 15 is 0 Å². The van der Waals surface area contributed by atoms with E-state index in [1.165, 1.54) is 5.56 Å². The highest BCUT2D eigenvalue weighted by Gasteiger charge is 2.18. The number of benzene rings is 1. The number of likely N-dealkylation sites (tertiary alicyclic amines) is 1. The molecular formula is C15H23NO3. The fourth-order valence-electron chi connectivity index (χ4n) is 2.56. The van der Waals surface area contributed by atoms with Gasteiger partial charge in [0.2, 0.25) is 0 Å². The van der Waals surface area contributed by atoms with Gasteiger partial charge in [0.05, 0.1) is 14.2 Å². The van der Waals surface area contributed by atoms with Crippen LogP contribution in [0.1, 0.15) is 18.4 Å². The molecule has 2 rings (SSSR count). The molecule has 1 N–H and O–H groups in total. The van der Waals surface area contributed by atoms with E-state index in [9.17, 15) is 0 Å². The van der Waals surface area contributed by atoms with E-state index < -0.39 is 0 Å². The predicted molar refractivity (Wildman–Crippen MR) is 74.6 cm³/mol. The van der Waals surface area contributed by atoms with E-state index in [-0.39, 0.29) is 0 Å². The third kappa shape index (κ3) is 3.61. The number of nitrogens with zero attached hydrogens (tertiary/aromatic N) is 1. The maximum Gasteiger partial charge on any atom is 0.161 e. The van der Waals surface area contributed by atoms with E-state index in [2.05, 4.69) is 11.0 Å². The summed E-state index contributed by atoms with van der Waals surface area (Å²) >= 11 is 0. The second-order valence-electron chi connectivity index (χ2n) is 5.09. The maximum absolute atomic E-state index is 9.14. The van der Waals surface area contributed by atoms with Crippen molar-refractivity contribution in [2.75, 3.05) is 33.9 Å². The number of aliphatic hydroxyl groups is 1. The lowest BCUT2D eigenvalue weighted by atomic mass is 9.97. The molecular weight excluding hydrogens is 242 g/mol. The van der Waals surface area contributed by atoms with E-state index in [0.717, 1.165) is 44.0 Å². The Morgan fingerprint density at radius 2 is 1.84 bits per heavy atom. The monoisotopic (exact) mass is 265 g/mol. The molecule has 1 aliphatic heterocycles. The Kier molecular flexibility index (Phi) is 5.05. The minimum Gasteiger partial charge on any atom is -0.493 e. The van der Waals surface area contributed by atoms with Crippen molar-refractivity contribution in [3.63, 3.8) is 0 Å². The second kappa shape index (κ2) is 6.78. The highest BCUT2D eigenvalue weighted by atomic mass is 16.5. The third-order valence-corrected chi connectivity index (χ3v) is 3.82. The van der Waals surface area contributed by atoms with Gasteiger partial charge in [-0.25, -0.2) is 0 Å². The zero-order valence-corrected chi connectivity index (χ0v) is 11.8. The summed E-state index contributed by atoms with van der Waals surface area (Å²) in [5.74, 6) is 2.04. The Morgan fingerprint density at radius 3 is 2.42 bits per heavy atom. The van der Waals surface area contributed by atoms with Crippen LogP contribution >= 0.6 is 0 Å².